The first-order valence-corrected chi connectivity index (χ1v) is 14.6. The first kappa shape index (κ1) is 28.4. The molecule has 4 aromatic rings. The number of aromatic nitrogens is 5. The Morgan fingerprint density at radius 1 is 0.933 bits per heavy atom. The van der Waals surface area contributed by atoms with Gasteiger partial charge in [-0.3, -0.25) is 15.4 Å². The van der Waals surface area contributed by atoms with Gasteiger partial charge in [0, 0.05) is 49.6 Å². The molecule has 16 nitrogen and oxygen atoms in total. The number of aryl methyl sites for hydroxylation is 1. The molecule has 2 saturated heterocycles. The summed E-state index contributed by atoms with van der Waals surface area (Å²) in [6, 6.07) is 12.7. The lowest BCUT2D eigenvalue weighted by atomic mass is 9.97. The van der Waals surface area contributed by atoms with Gasteiger partial charge >= 0.3 is 6.03 Å². The molecule has 7 rings (SSSR count). The summed E-state index contributed by atoms with van der Waals surface area (Å²) in [5.74, 6) is 2.10. The zero-order valence-corrected chi connectivity index (χ0v) is 24.5. The molecule has 1 unspecified atom stereocenters. The van der Waals surface area contributed by atoms with Gasteiger partial charge in [-0.2, -0.15) is 20.1 Å². The number of carbonyl (C=O) groups is 1. The first-order chi connectivity index (χ1) is 21.9. The van der Waals surface area contributed by atoms with Crippen molar-refractivity contribution in [2.45, 2.75) is 13.0 Å². The number of fused-ring (bicyclic) bond motifs is 1. The fraction of sp³-hybridized carbons (Fsp3) is 0.345. The number of non-ortho nitro benzene ring substituents is 1. The van der Waals surface area contributed by atoms with Gasteiger partial charge in [0.1, 0.15) is 5.82 Å². The minimum absolute atomic E-state index is 0.0535. The number of carbonyl (C=O) groups excluding carboxylic acids is 1. The highest BCUT2D eigenvalue weighted by Crippen LogP contribution is 2.37. The Morgan fingerprint density at radius 3 is 2.20 bits per heavy atom. The van der Waals surface area contributed by atoms with Crippen molar-refractivity contribution in [2.24, 2.45) is 0 Å². The standard InChI is InChI=1S/C29H31N11O5/c1-18-23-24(19-3-2-4-22(17-19)40(42)43)31-29(41)32-25(23)39(36-18)21-7-5-20(6-8-21)30-26-33-27(37-9-13-44-14-10-37)35-28(34-26)38-11-15-45-16-12-38/h2-8,17,24H,9-16H2,1H3,(H2,31,32,41)(H,30,33,34,35). The van der Waals surface area contributed by atoms with Gasteiger partial charge in [0.15, 0.2) is 0 Å². The number of nitro benzene ring substituents is 1. The van der Waals surface area contributed by atoms with Crippen LogP contribution >= 0.6 is 0 Å². The van der Waals surface area contributed by atoms with Crippen LogP contribution in [0, 0.1) is 17.0 Å². The average Bonchev–Trinajstić information content (AvgIpc) is 3.41. The van der Waals surface area contributed by atoms with Gasteiger partial charge in [-0.05, 0) is 36.8 Å². The van der Waals surface area contributed by atoms with Crippen LogP contribution in [0.25, 0.3) is 5.69 Å². The molecule has 16 heteroatoms. The fourth-order valence-electron chi connectivity index (χ4n) is 5.64. The molecule has 45 heavy (non-hydrogen) atoms. The van der Waals surface area contributed by atoms with E-state index in [0.717, 1.165) is 11.3 Å². The second-order valence-electron chi connectivity index (χ2n) is 10.8. The maximum Gasteiger partial charge on any atom is 0.321 e. The Labute approximate surface area is 257 Å². The van der Waals surface area contributed by atoms with E-state index >= 15 is 0 Å². The van der Waals surface area contributed by atoms with Crippen molar-refractivity contribution < 1.29 is 19.2 Å². The normalized spacial score (nSPS) is 18.2. The maximum absolute atomic E-state index is 12.7. The number of anilines is 5. The predicted molar refractivity (Wildman–Crippen MR) is 165 cm³/mol. The van der Waals surface area contributed by atoms with Crippen molar-refractivity contribution in [1.82, 2.24) is 30.0 Å². The van der Waals surface area contributed by atoms with Crippen LogP contribution in [-0.2, 0) is 9.47 Å². The molecule has 2 amide bonds. The highest BCUT2D eigenvalue weighted by atomic mass is 16.6. The van der Waals surface area contributed by atoms with E-state index in [1.54, 1.807) is 16.8 Å². The predicted octanol–water partition coefficient (Wildman–Crippen LogP) is 2.92. The van der Waals surface area contributed by atoms with Gasteiger partial charge in [0.25, 0.3) is 5.69 Å². The number of nitro groups is 1. The molecule has 0 bridgehead atoms. The summed E-state index contributed by atoms with van der Waals surface area (Å²) in [5, 5.41) is 25.2. The molecule has 2 fully saturated rings. The lowest BCUT2D eigenvalue weighted by molar-refractivity contribution is -0.384. The molecule has 3 aliphatic heterocycles. The van der Waals surface area contributed by atoms with Gasteiger partial charge in [0.05, 0.1) is 48.8 Å². The smallest absolute Gasteiger partial charge is 0.321 e. The third kappa shape index (κ3) is 5.80. The van der Waals surface area contributed by atoms with E-state index in [1.165, 1.54) is 12.1 Å². The Balaban J connectivity index is 1.17. The summed E-state index contributed by atoms with van der Waals surface area (Å²) in [6.45, 7) is 7.08. The van der Waals surface area contributed by atoms with E-state index < -0.39 is 17.0 Å². The fourth-order valence-corrected chi connectivity index (χ4v) is 5.64. The van der Waals surface area contributed by atoms with Crippen LogP contribution in [0.5, 0.6) is 0 Å². The van der Waals surface area contributed by atoms with Crippen LogP contribution in [-0.4, -0.2) is 88.3 Å². The van der Waals surface area contributed by atoms with Crippen LogP contribution in [0.15, 0.2) is 48.5 Å². The summed E-state index contributed by atoms with van der Waals surface area (Å²) < 4.78 is 12.7. The first-order valence-electron chi connectivity index (χ1n) is 14.6. The Kier molecular flexibility index (Phi) is 7.56. The summed E-state index contributed by atoms with van der Waals surface area (Å²) >= 11 is 0. The van der Waals surface area contributed by atoms with E-state index in [0.29, 0.717) is 93.2 Å². The van der Waals surface area contributed by atoms with E-state index in [4.69, 9.17) is 29.5 Å². The van der Waals surface area contributed by atoms with E-state index in [1.807, 2.05) is 31.2 Å². The molecule has 3 N–H and O–H groups in total. The van der Waals surface area contributed by atoms with Gasteiger partial charge in [0.2, 0.25) is 17.8 Å². The summed E-state index contributed by atoms with van der Waals surface area (Å²) in [7, 11) is 0. The van der Waals surface area contributed by atoms with E-state index in [2.05, 4.69) is 25.8 Å². The third-order valence-corrected chi connectivity index (χ3v) is 7.88. The lowest BCUT2D eigenvalue weighted by Crippen LogP contribution is -2.40. The number of ether oxygens (including phenoxy) is 2. The van der Waals surface area contributed by atoms with Gasteiger partial charge in [-0.1, -0.05) is 12.1 Å². The van der Waals surface area contributed by atoms with Gasteiger partial charge in [-0.15, -0.1) is 0 Å². The molecule has 0 spiro atoms. The quantitative estimate of drug-likeness (QED) is 0.205. The van der Waals surface area contributed by atoms with E-state index in [-0.39, 0.29) is 5.69 Å². The van der Waals surface area contributed by atoms with Crippen LogP contribution in [0.3, 0.4) is 0 Å². The topological polar surface area (TPSA) is 178 Å². The average molecular weight is 614 g/mol. The molecule has 5 heterocycles. The van der Waals surface area contributed by atoms with Crippen molar-refractivity contribution in [3.63, 3.8) is 0 Å². The van der Waals surface area contributed by atoms with Crippen LogP contribution < -0.4 is 25.8 Å². The molecule has 232 valence electrons. The third-order valence-electron chi connectivity index (χ3n) is 7.88. The number of amides is 2. The van der Waals surface area contributed by atoms with E-state index in [9.17, 15) is 14.9 Å². The lowest BCUT2D eigenvalue weighted by Gasteiger charge is -2.30. The SMILES string of the molecule is Cc1nn(-c2ccc(Nc3nc(N4CCOCC4)nc(N4CCOCC4)n3)cc2)c2c1C(c1cccc([N+](=O)[O-])c1)NC(=O)N2. The van der Waals surface area contributed by atoms with Crippen molar-refractivity contribution >= 4 is 41.1 Å². The maximum atomic E-state index is 12.7. The van der Waals surface area contributed by atoms with Gasteiger partial charge < -0.3 is 29.9 Å². The Hall–Kier alpha value is -5.35. The molecule has 2 aromatic carbocycles. The minimum atomic E-state index is -0.603. The van der Waals surface area contributed by atoms with Crippen molar-refractivity contribution in [1.29, 1.82) is 0 Å². The van der Waals surface area contributed by atoms with Gasteiger partial charge in [-0.25, -0.2) is 9.48 Å². The molecule has 3 aliphatic rings. The van der Waals surface area contributed by atoms with Crippen LogP contribution in [0.4, 0.5) is 39.8 Å². The molecule has 0 aliphatic carbocycles. The number of nitrogens with zero attached hydrogens (tertiary/aromatic N) is 8. The zero-order chi connectivity index (χ0) is 30.9. The minimum Gasteiger partial charge on any atom is -0.378 e. The highest BCUT2D eigenvalue weighted by molar-refractivity contribution is 5.93. The number of morpholine rings is 2. The van der Waals surface area contributed by atoms with Crippen molar-refractivity contribution in [3.8, 4) is 5.69 Å². The second-order valence-corrected chi connectivity index (χ2v) is 10.8. The second kappa shape index (κ2) is 12.0. The number of nitrogens with one attached hydrogen (secondary N) is 3. The van der Waals surface area contributed by atoms with Crippen molar-refractivity contribution in [3.05, 3.63) is 75.5 Å². The molecule has 2 aromatic heterocycles. The molecule has 0 saturated carbocycles. The highest BCUT2D eigenvalue weighted by Gasteiger charge is 2.33. The number of urea groups is 1. The largest absolute Gasteiger partial charge is 0.378 e. The summed E-state index contributed by atoms with van der Waals surface area (Å²) in [6.07, 6.45) is 0. The van der Waals surface area contributed by atoms with Crippen LogP contribution in [0.2, 0.25) is 0 Å². The zero-order valence-electron chi connectivity index (χ0n) is 24.5. The summed E-state index contributed by atoms with van der Waals surface area (Å²) in [4.78, 5) is 42.0. The Bertz CT molecular complexity index is 1700. The monoisotopic (exact) mass is 613 g/mol. The number of rotatable bonds is 7. The molecular formula is C29H31N11O5. The van der Waals surface area contributed by atoms with Crippen LogP contribution in [0.1, 0.15) is 22.9 Å². The number of benzene rings is 2. The molecule has 1 atom stereocenters. The Morgan fingerprint density at radius 2 is 1.58 bits per heavy atom. The number of hydrogen-bond donors (Lipinski definition) is 3. The molecule has 0 radical (unpaired) electrons. The van der Waals surface area contributed by atoms with Crippen molar-refractivity contribution in [2.75, 3.05) is 73.0 Å². The summed E-state index contributed by atoms with van der Waals surface area (Å²) in [5.41, 5.74) is 3.41. The molecular weight excluding hydrogens is 582 g/mol. The number of hydrogen-bond acceptors (Lipinski definition) is 12.